The maximum Gasteiger partial charge on any atom is 0.274 e. The van der Waals surface area contributed by atoms with Crippen molar-refractivity contribution in [2.45, 2.75) is 51.2 Å². The molecule has 0 radical (unpaired) electrons. The maximum atomic E-state index is 13.6. The Balaban J connectivity index is 1.52. The first-order chi connectivity index (χ1) is 15.3. The van der Waals surface area contributed by atoms with Crippen LogP contribution in [0.15, 0.2) is 29.6 Å². The lowest BCUT2D eigenvalue weighted by Gasteiger charge is -2.38. The van der Waals surface area contributed by atoms with Gasteiger partial charge in [0.25, 0.3) is 11.8 Å². The Hall–Kier alpha value is -3.42. The first-order valence-electron chi connectivity index (χ1n) is 10.8. The molecule has 1 fully saturated rings. The number of pyridine rings is 1. The van der Waals surface area contributed by atoms with Gasteiger partial charge in [0.05, 0.1) is 12.1 Å². The predicted molar refractivity (Wildman–Crippen MR) is 116 cm³/mol. The molecule has 5 rings (SSSR count). The summed E-state index contributed by atoms with van der Waals surface area (Å²) in [5, 5.41) is 13.4. The van der Waals surface area contributed by atoms with Gasteiger partial charge in [-0.25, -0.2) is 4.39 Å². The number of amides is 2. The number of benzene rings is 1. The van der Waals surface area contributed by atoms with Gasteiger partial charge in [-0.3, -0.25) is 14.4 Å². The molecular weight excluding hydrogens is 413 g/mol. The first kappa shape index (κ1) is 20.5. The number of hydrogen-bond acceptors (Lipinski definition) is 4. The number of nitrogens with zero attached hydrogens (tertiary/aromatic N) is 2. The van der Waals surface area contributed by atoms with Crippen molar-refractivity contribution in [3.8, 4) is 5.75 Å². The topological polar surface area (TPSA) is 91.6 Å². The highest BCUT2D eigenvalue weighted by Crippen LogP contribution is 2.43. The van der Waals surface area contributed by atoms with Crippen LogP contribution >= 0.6 is 0 Å². The summed E-state index contributed by atoms with van der Waals surface area (Å²) in [7, 11) is 0. The molecule has 166 valence electrons. The minimum Gasteiger partial charge on any atom is -0.503 e. The second-order valence-electron chi connectivity index (χ2n) is 8.80. The number of aromatic nitrogens is 1. The Morgan fingerprint density at radius 1 is 1.28 bits per heavy atom. The highest BCUT2D eigenvalue weighted by Gasteiger charge is 2.48. The standard InChI is InChI=1S/C24H24FN3O4/c1-12(2)15-10-14(25)6-5-13(15)11-26-23(31)19-18-8-7-17-16-4-3-9-27(16)24(32)20(28(17)18)22(30)21(19)29/h5-6,10,16-17,30H,1,3-4,7-9,11H2,2H3,(H,26,31). The molecule has 2 amide bonds. The molecule has 32 heavy (non-hydrogen) atoms. The van der Waals surface area contributed by atoms with E-state index in [0.29, 0.717) is 41.8 Å². The van der Waals surface area contributed by atoms with E-state index in [1.807, 2.05) is 0 Å². The zero-order valence-corrected chi connectivity index (χ0v) is 17.8. The van der Waals surface area contributed by atoms with Crippen LogP contribution in [-0.4, -0.2) is 39.0 Å². The number of fused-ring (bicyclic) bond motifs is 2. The summed E-state index contributed by atoms with van der Waals surface area (Å²) in [5.41, 5.74) is 1.48. The first-order valence-corrected chi connectivity index (χ1v) is 10.8. The second kappa shape index (κ2) is 7.32. The molecule has 4 heterocycles. The average Bonchev–Trinajstić information content (AvgIpc) is 3.40. The van der Waals surface area contributed by atoms with Crippen LogP contribution < -0.4 is 10.7 Å². The largest absolute Gasteiger partial charge is 0.503 e. The minimum absolute atomic E-state index is 0.00491. The molecule has 0 spiro atoms. The summed E-state index contributed by atoms with van der Waals surface area (Å²) >= 11 is 0. The van der Waals surface area contributed by atoms with Gasteiger partial charge in [-0.05, 0) is 55.9 Å². The Labute approximate surface area is 184 Å². The molecular formula is C24H24FN3O4. The lowest BCUT2D eigenvalue weighted by molar-refractivity contribution is 0.0611. The monoisotopic (exact) mass is 437 g/mol. The molecule has 1 aromatic heterocycles. The van der Waals surface area contributed by atoms with Crippen molar-refractivity contribution in [3.05, 3.63) is 68.9 Å². The predicted octanol–water partition coefficient (Wildman–Crippen LogP) is 2.76. The molecule has 8 heteroatoms. The summed E-state index contributed by atoms with van der Waals surface area (Å²) in [6.45, 7) is 6.29. The summed E-state index contributed by atoms with van der Waals surface area (Å²) in [6, 6.07) is 4.22. The van der Waals surface area contributed by atoms with Gasteiger partial charge in [-0.2, -0.15) is 0 Å². The summed E-state index contributed by atoms with van der Waals surface area (Å²) < 4.78 is 15.4. The van der Waals surface area contributed by atoms with Crippen LogP contribution in [0.2, 0.25) is 0 Å². The zero-order valence-electron chi connectivity index (χ0n) is 17.8. The number of carbonyl (C=O) groups is 2. The van der Waals surface area contributed by atoms with Crippen LogP contribution in [0.25, 0.3) is 5.57 Å². The van der Waals surface area contributed by atoms with E-state index in [4.69, 9.17) is 0 Å². The molecule has 2 aromatic rings. The van der Waals surface area contributed by atoms with E-state index in [1.165, 1.54) is 12.1 Å². The van der Waals surface area contributed by atoms with Crippen molar-refractivity contribution in [2.75, 3.05) is 6.54 Å². The molecule has 7 nitrogen and oxygen atoms in total. The summed E-state index contributed by atoms with van der Waals surface area (Å²) in [6.07, 6.45) is 2.96. The van der Waals surface area contributed by atoms with Crippen LogP contribution in [0.3, 0.4) is 0 Å². The number of hydrogen-bond donors (Lipinski definition) is 2. The molecule has 0 bridgehead atoms. The number of allylic oxidation sites excluding steroid dienone is 1. The number of nitrogens with one attached hydrogen (secondary N) is 1. The third-order valence-electron chi connectivity index (χ3n) is 6.90. The molecule has 1 saturated heterocycles. The Morgan fingerprint density at radius 2 is 2.06 bits per heavy atom. The van der Waals surface area contributed by atoms with Gasteiger partial charge in [0.2, 0.25) is 5.43 Å². The van der Waals surface area contributed by atoms with Crippen LogP contribution in [-0.2, 0) is 13.0 Å². The Bertz CT molecular complexity index is 1250. The van der Waals surface area contributed by atoms with Gasteiger partial charge < -0.3 is 19.9 Å². The SMILES string of the molecule is C=C(C)c1cc(F)ccc1CNC(=O)c1c2n3c(c(O)c1=O)C(=O)N1CCCC1C3CC2. The quantitative estimate of drug-likeness (QED) is 0.770. The lowest BCUT2D eigenvalue weighted by Crippen LogP contribution is -2.48. The Morgan fingerprint density at radius 3 is 2.81 bits per heavy atom. The van der Waals surface area contributed by atoms with Gasteiger partial charge >= 0.3 is 0 Å². The van der Waals surface area contributed by atoms with Gasteiger partial charge in [0.1, 0.15) is 11.4 Å². The second-order valence-corrected chi connectivity index (χ2v) is 8.80. The fourth-order valence-corrected chi connectivity index (χ4v) is 5.50. The van der Waals surface area contributed by atoms with Gasteiger partial charge in [0.15, 0.2) is 11.4 Å². The van der Waals surface area contributed by atoms with Crippen molar-refractivity contribution in [1.82, 2.24) is 14.8 Å². The van der Waals surface area contributed by atoms with E-state index >= 15 is 0 Å². The zero-order chi connectivity index (χ0) is 22.7. The third kappa shape index (κ3) is 2.89. The molecule has 3 aliphatic rings. The smallest absolute Gasteiger partial charge is 0.274 e. The summed E-state index contributed by atoms with van der Waals surface area (Å²) in [5.74, 6) is -2.02. The third-order valence-corrected chi connectivity index (χ3v) is 6.90. The molecule has 2 N–H and O–H groups in total. The van der Waals surface area contributed by atoms with E-state index in [2.05, 4.69) is 11.9 Å². The van der Waals surface area contributed by atoms with Gasteiger partial charge in [-0.1, -0.05) is 18.2 Å². The van der Waals surface area contributed by atoms with Crippen molar-refractivity contribution in [2.24, 2.45) is 0 Å². The average molecular weight is 437 g/mol. The van der Waals surface area contributed by atoms with Crippen LogP contribution in [0.1, 0.15) is 69.9 Å². The van der Waals surface area contributed by atoms with E-state index in [0.717, 1.165) is 12.8 Å². The maximum absolute atomic E-state index is 13.6. The fraction of sp³-hybridized carbons (Fsp3) is 0.375. The normalized spacial score (nSPS) is 20.8. The lowest BCUT2D eigenvalue weighted by atomic mass is 10.0. The molecule has 1 aromatic carbocycles. The van der Waals surface area contributed by atoms with Crippen LogP contribution in [0.4, 0.5) is 4.39 Å². The molecule has 3 aliphatic heterocycles. The highest BCUT2D eigenvalue weighted by molar-refractivity contribution is 6.00. The molecule has 2 atom stereocenters. The number of carbonyl (C=O) groups excluding carboxylic acids is 2. The number of rotatable bonds is 4. The van der Waals surface area contributed by atoms with Crippen LogP contribution in [0.5, 0.6) is 5.75 Å². The fourth-order valence-electron chi connectivity index (χ4n) is 5.50. The minimum atomic E-state index is -0.824. The molecule has 0 saturated carbocycles. The van der Waals surface area contributed by atoms with Gasteiger partial charge in [0, 0.05) is 18.8 Å². The highest BCUT2D eigenvalue weighted by atomic mass is 19.1. The molecule has 2 unspecified atom stereocenters. The number of aromatic hydroxyl groups is 1. The van der Waals surface area contributed by atoms with Crippen molar-refractivity contribution in [3.63, 3.8) is 0 Å². The van der Waals surface area contributed by atoms with E-state index in [9.17, 15) is 23.9 Å². The van der Waals surface area contributed by atoms with Crippen molar-refractivity contribution in [1.29, 1.82) is 0 Å². The van der Waals surface area contributed by atoms with E-state index in [1.54, 1.807) is 22.5 Å². The van der Waals surface area contributed by atoms with E-state index < -0.39 is 22.9 Å². The Kier molecular flexibility index (Phi) is 4.69. The van der Waals surface area contributed by atoms with E-state index in [-0.39, 0.29) is 35.8 Å². The van der Waals surface area contributed by atoms with Crippen LogP contribution in [0, 0.1) is 5.82 Å². The molecule has 0 aliphatic carbocycles. The van der Waals surface area contributed by atoms with Gasteiger partial charge in [-0.15, -0.1) is 0 Å². The van der Waals surface area contributed by atoms with Crippen molar-refractivity contribution < 1.29 is 19.1 Å². The summed E-state index contributed by atoms with van der Waals surface area (Å²) in [4.78, 5) is 40.8. The number of halogens is 1. The van der Waals surface area contributed by atoms with Crippen molar-refractivity contribution >= 4 is 17.4 Å².